The summed E-state index contributed by atoms with van der Waals surface area (Å²) >= 11 is 4.43. The SMILES string of the molecule is CCOC(=O)N1CCC(NS(=O)(=O)c2ccc(Br)s2)CC1. The van der Waals surface area contributed by atoms with Crippen LogP contribution in [0.5, 0.6) is 0 Å². The molecule has 6 nitrogen and oxygen atoms in total. The Labute approximate surface area is 136 Å². The quantitative estimate of drug-likeness (QED) is 0.847. The summed E-state index contributed by atoms with van der Waals surface area (Å²) in [7, 11) is -3.48. The van der Waals surface area contributed by atoms with Crippen LogP contribution in [0.2, 0.25) is 0 Å². The average molecular weight is 397 g/mol. The van der Waals surface area contributed by atoms with Crippen molar-refractivity contribution in [2.24, 2.45) is 0 Å². The van der Waals surface area contributed by atoms with E-state index in [1.807, 2.05) is 0 Å². The van der Waals surface area contributed by atoms with Gasteiger partial charge in [-0.25, -0.2) is 17.9 Å². The molecule has 1 aromatic heterocycles. The summed E-state index contributed by atoms with van der Waals surface area (Å²) in [6.45, 7) is 3.11. The maximum Gasteiger partial charge on any atom is 0.409 e. The maximum absolute atomic E-state index is 12.2. The number of sulfonamides is 1. The topological polar surface area (TPSA) is 75.7 Å². The van der Waals surface area contributed by atoms with Crippen LogP contribution in [0.25, 0.3) is 0 Å². The lowest BCUT2D eigenvalue weighted by Crippen LogP contribution is -2.46. The molecule has 0 aromatic carbocycles. The van der Waals surface area contributed by atoms with Gasteiger partial charge in [-0.05, 0) is 47.8 Å². The number of nitrogens with zero attached hydrogens (tertiary/aromatic N) is 1. The number of rotatable bonds is 4. The highest BCUT2D eigenvalue weighted by Crippen LogP contribution is 2.26. The summed E-state index contributed by atoms with van der Waals surface area (Å²) in [5.41, 5.74) is 0. The molecule has 1 aromatic rings. The minimum atomic E-state index is -3.48. The predicted molar refractivity (Wildman–Crippen MR) is 84.0 cm³/mol. The van der Waals surface area contributed by atoms with E-state index in [0.29, 0.717) is 36.7 Å². The average Bonchev–Trinajstić information content (AvgIpc) is 2.87. The van der Waals surface area contributed by atoms with E-state index in [1.54, 1.807) is 24.0 Å². The van der Waals surface area contributed by atoms with Gasteiger partial charge in [0.2, 0.25) is 10.0 Å². The summed E-state index contributed by atoms with van der Waals surface area (Å²) in [5.74, 6) is 0. The third-order valence-corrected chi connectivity index (χ3v) is 6.79. The van der Waals surface area contributed by atoms with Gasteiger partial charge in [-0.1, -0.05) is 0 Å². The van der Waals surface area contributed by atoms with Crippen molar-refractivity contribution in [2.45, 2.75) is 30.0 Å². The van der Waals surface area contributed by atoms with E-state index in [-0.39, 0.29) is 12.1 Å². The van der Waals surface area contributed by atoms with Crippen LogP contribution in [-0.2, 0) is 14.8 Å². The van der Waals surface area contributed by atoms with Crippen LogP contribution in [0.4, 0.5) is 4.79 Å². The highest BCUT2D eigenvalue weighted by atomic mass is 79.9. The second-order valence-electron chi connectivity index (χ2n) is 4.64. The van der Waals surface area contributed by atoms with E-state index >= 15 is 0 Å². The molecule has 0 spiro atoms. The number of likely N-dealkylation sites (tertiary alicyclic amines) is 1. The van der Waals surface area contributed by atoms with Gasteiger partial charge in [0.05, 0.1) is 10.4 Å². The molecule has 118 valence electrons. The first-order valence-corrected chi connectivity index (χ1v) is 9.71. The van der Waals surface area contributed by atoms with Crippen LogP contribution < -0.4 is 4.72 Å². The van der Waals surface area contributed by atoms with Crippen molar-refractivity contribution in [3.05, 3.63) is 15.9 Å². The molecule has 1 fully saturated rings. The Kier molecular flexibility index (Phi) is 5.64. The second-order valence-corrected chi connectivity index (χ2v) is 9.04. The summed E-state index contributed by atoms with van der Waals surface area (Å²) < 4.78 is 33.1. The van der Waals surface area contributed by atoms with Gasteiger partial charge in [0.15, 0.2) is 0 Å². The Morgan fingerprint density at radius 2 is 2.14 bits per heavy atom. The zero-order valence-electron chi connectivity index (χ0n) is 11.5. The molecule has 0 unspecified atom stereocenters. The molecule has 1 saturated heterocycles. The third kappa shape index (κ3) is 4.41. The molecule has 1 aliphatic rings. The summed E-state index contributed by atoms with van der Waals surface area (Å²) in [6.07, 6.45) is 0.843. The van der Waals surface area contributed by atoms with Gasteiger partial charge in [0, 0.05) is 19.1 Å². The number of amides is 1. The van der Waals surface area contributed by atoms with Gasteiger partial charge in [-0.15, -0.1) is 11.3 Å². The molecule has 1 aliphatic heterocycles. The van der Waals surface area contributed by atoms with Crippen LogP contribution in [0.1, 0.15) is 19.8 Å². The van der Waals surface area contributed by atoms with Crippen LogP contribution in [0.3, 0.4) is 0 Å². The first-order chi connectivity index (χ1) is 9.92. The lowest BCUT2D eigenvalue weighted by Gasteiger charge is -2.31. The highest BCUT2D eigenvalue weighted by molar-refractivity contribution is 9.11. The summed E-state index contributed by atoms with van der Waals surface area (Å²) in [6, 6.07) is 3.13. The number of halogens is 1. The molecule has 0 radical (unpaired) electrons. The van der Waals surface area contributed by atoms with Crippen molar-refractivity contribution in [1.82, 2.24) is 9.62 Å². The Balaban J connectivity index is 1.90. The molecule has 1 N–H and O–H groups in total. The van der Waals surface area contributed by atoms with Crippen molar-refractivity contribution in [3.8, 4) is 0 Å². The molecule has 0 atom stereocenters. The van der Waals surface area contributed by atoms with Crippen LogP contribution in [0, 0.1) is 0 Å². The Morgan fingerprint density at radius 1 is 1.48 bits per heavy atom. The number of piperidine rings is 1. The molecule has 2 rings (SSSR count). The van der Waals surface area contributed by atoms with Gasteiger partial charge < -0.3 is 9.64 Å². The monoisotopic (exact) mass is 396 g/mol. The normalized spacial score (nSPS) is 17.0. The van der Waals surface area contributed by atoms with Crippen molar-refractivity contribution < 1.29 is 17.9 Å². The Morgan fingerprint density at radius 3 is 2.67 bits per heavy atom. The first kappa shape index (κ1) is 16.7. The number of carbonyl (C=O) groups is 1. The van der Waals surface area contributed by atoms with Crippen LogP contribution in [-0.4, -0.2) is 45.1 Å². The molecule has 9 heteroatoms. The van der Waals surface area contributed by atoms with Crippen molar-refractivity contribution >= 4 is 43.4 Å². The van der Waals surface area contributed by atoms with Crippen LogP contribution in [0.15, 0.2) is 20.1 Å². The number of hydrogen-bond acceptors (Lipinski definition) is 5. The zero-order chi connectivity index (χ0) is 15.5. The Bertz CT molecular complexity index is 594. The smallest absolute Gasteiger partial charge is 0.409 e. The summed E-state index contributed by atoms with van der Waals surface area (Å²) in [4.78, 5) is 13.2. The number of thiophene rings is 1. The minimum Gasteiger partial charge on any atom is -0.450 e. The van der Waals surface area contributed by atoms with E-state index < -0.39 is 10.0 Å². The lowest BCUT2D eigenvalue weighted by molar-refractivity contribution is 0.0966. The van der Waals surface area contributed by atoms with E-state index in [1.165, 1.54) is 11.3 Å². The van der Waals surface area contributed by atoms with Crippen molar-refractivity contribution in [3.63, 3.8) is 0 Å². The number of nitrogens with one attached hydrogen (secondary N) is 1. The molecule has 2 heterocycles. The molecule has 1 amide bonds. The van der Waals surface area contributed by atoms with E-state index in [9.17, 15) is 13.2 Å². The number of ether oxygens (including phenoxy) is 1. The van der Waals surface area contributed by atoms with Crippen molar-refractivity contribution in [1.29, 1.82) is 0 Å². The molecule has 0 bridgehead atoms. The minimum absolute atomic E-state index is 0.151. The van der Waals surface area contributed by atoms with E-state index in [4.69, 9.17) is 4.74 Å². The van der Waals surface area contributed by atoms with Gasteiger partial charge in [0.25, 0.3) is 0 Å². The fourth-order valence-electron chi connectivity index (χ4n) is 2.11. The van der Waals surface area contributed by atoms with Gasteiger partial charge in [-0.3, -0.25) is 0 Å². The number of hydrogen-bond donors (Lipinski definition) is 1. The molecule has 0 saturated carbocycles. The molecular formula is C12H17BrN2O4S2. The number of carbonyl (C=O) groups excluding carboxylic acids is 1. The predicted octanol–water partition coefficient (Wildman–Crippen LogP) is 2.41. The highest BCUT2D eigenvalue weighted by Gasteiger charge is 2.27. The standard InChI is InChI=1S/C12H17BrN2O4S2/c1-2-19-12(16)15-7-5-9(6-8-15)14-21(17,18)11-4-3-10(13)20-11/h3-4,9,14H,2,5-8H2,1H3. The fraction of sp³-hybridized carbons (Fsp3) is 0.583. The molecular weight excluding hydrogens is 380 g/mol. The zero-order valence-corrected chi connectivity index (χ0v) is 14.8. The fourth-order valence-corrected chi connectivity index (χ4v) is 5.45. The van der Waals surface area contributed by atoms with Gasteiger partial charge in [0.1, 0.15) is 4.21 Å². The largest absolute Gasteiger partial charge is 0.450 e. The summed E-state index contributed by atoms with van der Waals surface area (Å²) in [5, 5.41) is 0. The maximum atomic E-state index is 12.2. The van der Waals surface area contributed by atoms with Crippen molar-refractivity contribution in [2.75, 3.05) is 19.7 Å². The van der Waals surface area contributed by atoms with E-state index in [2.05, 4.69) is 20.7 Å². The van der Waals surface area contributed by atoms with Gasteiger partial charge >= 0.3 is 6.09 Å². The van der Waals surface area contributed by atoms with E-state index in [0.717, 1.165) is 3.79 Å². The Hall–Kier alpha value is -0.640. The third-order valence-electron chi connectivity index (χ3n) is 3.16. The molecule has 21 heavy (non-hydrogen) atoms. The first-order valence-electron chi connectivity index (χ1n) is 6.61. The second kappa shape index (κ2) is 7.08. The van der Waals surface area contributed by atoms with Gasteiger partial charge in [-0.2, -0.15) is 0 Å². The lowest BCUT2D eigenvalue weighted by atomic mass is 10.1. The van der Waals surface area contributed by atoms with Crippen LogP contribution >= 0.6 is 27.3 Å². The molecule has 0 aliphatic carbocycles.